The van der Waals surface area contributed by atoms with Crippen molar-refractivity contribution in [2.45, 2.75) is 0 Å². The standard InChI is InChI=1S/C9H11N5O.ClH/c10-5-6-12-9(15)7-1-3-8(4-2-7)13-14-11;/h1-4H,5-6,10H2,(H,12,15);1H. The van der Waals surface area contributed by atoms with Gasteiger partial charge in [-0.25, -0.2) is 0 Å². The second kappa shape index (κ2) is 7.53. The van der Waals surface area contributed by atoms with E-state index >= 15 is 0 Å². The van der Waals surface area contributed by atoms with Gasteiger partial charge in [0.15, 0.2) is 0 Å². The van der Waals surface area contributed by atoms with Crippen molar-refractivity contribution in [2.75, 3.05) is 13.1 Å². The summed E-state index contributed by atoms with van der Waals surface area (Å²) in [6, 6.07) is 6.35. The predicted octanol–water partition coefficient (Wildman–Crippen LogP) is 1.74. The first-order valence-corrected chi connectivity index (χ1v) is 4.41. The molecule has 0 radical (unpaired) electrons. The van der Waals surface area contributed by atoms with Crippen LogP contribution in [0.5, 0.6) is 0 Å². The largest absolute Gasteiger partial charge is 0.351 e. The van der Waals surface area contributed by atoms with Gasteiger partial charge in [0.25, 0.3) is 5.91 Å². The van der Waals surface area contributed by atoms with Crippen molar-refractivity contribution in [3.8, 4) is 0 Å². The number of benzene rings is 1. The van der Waals surface area contributed by atoms with Gasteiger partial charge in [0.1, 0.15) is 0 Å². The Morgan fingerprint density at radius 3 is 2.56 bits per heavy atom. The molecule has 1 aromatic rings. The van der Waals surface area contributed by atoms with Gasteiger partial charge in [-0.05, 0) is 17.7 Å². The minimum absolute atomic E-state index is 0. The van der Waals surface area contributed by atoms with Crippen LogP contribution < -0.4 is 11.1 Å². The number of rotatable bonds is 4. The molecule has 0 aliphatic heterocycles. The van der Waals surface area contributed by atoms with E-state index in [1.165, 1.54) is 0 Å². The fraction of sp³-hybridized carbons (Fsp3) is 0.222. The number of nitrogens with one attached hydrogen (secondary N) is 1. The van der Waals surface area contributed by atoms with Gasteiger partial charge < -0.3 is 11.1 Å². The molecule has 0 spiro atoms. The highest BCUT2D eigenvalue weighted by Crippen LogP contribution is 2.12. The van der Waals surface area contributed by atoms with Crippen molar-refractivity contribution >= 4 is 24.0 Å². The lowest BCUT2D eigenvalue weighted by Crippen LogP contribution is -2.28. The van der Waals surface area contributed by atoms with Crippen molar-refractivity contribution in [3.05, 3.63) is 40.3 Å². The summed E-state index contributed by atoms with van der Waals surface area (Å²) in [4.78, 5) is 14.0. The van der Waals surface area contributed by atoms with Crippen LogP contribution in [0.1, 0.15) is 10.4 Å². The smallest absolute Gasteiger partial charge is 0.251 e. The molecule has 0 saturated carbocycles. The van der Waals surface area contributed by atoms with Crippen molar-refractivity contribution in [1.29, 1.82) is 0 Å². The van der Waals surface area contributed by atoms with Crippen LogP contribution in [0.25, 0.3) is 10.4 Å². The van der Waals surface area contributed by atoms with Crippen LogP contribution in [0.15, 0.2) is 29.4 Å². The van der Waals surface area contributed by atoms with Crippen molar-refractivity contribution in [2.24, 2.45) is 10.8 Å². The predicted molar refractivity (Wildman–Crippen MR) is 63.9 cm³/mol. The fourth-order valence-electron chi connectivity index (χ4n) is 1.02. The molecule has 0 aromatic heterocycles. The number of hydrogen-bond donors (Lipinski definition) is 2. The average Bonchev–Trinajstić information content (AvgIpc) is 2.27. The summed E-state index contributed by atoms with van der Waals surface area (Å²) < 4.78 is 0. The number of azide groups is 1. The van der Waals surface area contributed by atoms with Crippen molar-refractivity contribution in [1.82, 2.24) is 5.32 Å². The lowest BCUT2D eigenvalue weighted by atomic mass is 10.2. The summed E-state index contributed by atoms with van der Waals surface area (Å²) in [5.41, 5.74) is 14.4. The highest BCUT2D eigenvalue weighted by atomic mass is 35.5. The van der Waals surface area contributed by atoms with Crippen LogP contribution in [0.2, 0.25) is 0 Å². The third kappa shape index (κ3) is 4.18. The van der Waals surface area contributed by atoms with Crippen LogP contribution in [0, 0.1) is 0 Å². The zero-order chi connectivity index (χ0) is 11.1. The monoisotopic (exact) mass is 241 g/mol. The average molecular weight is 242 g/mol. The number of nitrogens with zero attached hydrogens (tertiary/aromatic N) is 3. The molecule has 1 rings (SSSR count). The molecule has 3 N–H and O–H groups in total. The highest BCUT2D eigenvalue weighted by Gasteiger charge is 2.02. The molecule has 7 heteroatoms. The summed E-state index contributed by atoms with van der Waals surface area (Å²) in [6.07, 6.45) is 0. The molecule has 0 aliphatic rings. The molecule has 0 aliphatic carbocycles. The topological polar surface area (TPSA) is 104 Å². The second-order valence-corrected chi connectivity index (χ2v) is 2.78. The van der Waals surface area contributed by atoms with Gasteiger partial charge >= 0.3 is 0 Å². The summed E-state index contributed by atoms with van der Waals surface area (Å²) >= 11 is 0. The molecule has 86 valence electrons. The summed E-state index contributed by atoms with van der Waals surface area (Å²) in [6.45, 7) is 0.847. The minimum atomic E-state index is -0.187. The Morgan fingerprint density at radius 1 is 1.44 bits per heavy atom. The van der Waals surface area contributed by atoms with E-state index in [9.17, 15) is 4.79 Å². The van der Waals surface area contributed by atoms with Crippen LogP contribution >= 0.6 is 12.4 Å². The van der Waals surface area contributed by atoms with Crippen LogP contribution in [0.4, 0.5) is 5.69 Å². The molecule has 0 saturated heterocycles. The number of amides is 1. The van der Waals surface area contributed by atoms with Gasteiger partial charge in [-0.3, -0.25) is 4.79 Å². The molecule has 1 amide bonds. The lowest BCUT2D eigenvalue weighted by molar-refractivity contribution is 0.0955. The second-order valence-electron chi connectivity index (χ2n) is 2.78. The summed E-state index contributed by atoms with van der Waals surface area (Å²) in [5, 5.41) is 6.03. The number of hydrogen-bond acceptors (Lipinski definition) is 3. The molecule has 16 heavy (non-hydrogen) atoms. The van der Waals surface area contributed by atoms with Gasteiger partial charge in [0.2, 0.25) is 0 Å². The molecule has 1 aromatic carbocycles. The Hall–Kier alpha value is -1.75. The Morgan fingerprint density at radius 2 is 2.06 bits per heavy atom. The molecule has 0 fully saturated rings. The number of carbonyl (C=O) groups is 1. The van der Waals surface area contributed by atoms with E-state index in [1.54, 1.807) is 24.3 Å². The highest BCUT2D eigenvalue weighted by molar-refractivity contribution is 5.94. The summed E-state index contributed by atoms with van der Waals surface area (Å²) in [5.74, 6) is -0.187. The number of nitrogens with two attached hydrogens (primary N) is 1. The van der Waals surface area contributed by atoms with E-state index in [0.29, 0.717) is 24.3 Å². The van der Waals surface area contributed by atoms with Gasteiger partial charge in [0.05, 0.1) is 0 Å². The van der Waals surface area contributed by atoms with E-state index in [2.05, 4.69) is 15.3 Å². The normalized spacial score (nSPS) is 8.56. The number of halogens is 1. The Balaban J connectivity index is 0.00000225. The lowest BCUT2D eigenvalue weighted by Gasteiger charge is -2.02. The maximum absolute atomic E-state index is 11.4. The zero-order valence-electron chi connectivity index (χ0n) is 8.46. The van der Waals surface area contributed by atoms with Crippen molar-refractivity contribution < 1.29 is 4.79 Å². The van der Waals surface area contributed by atoms with Crippen LogP contribution in [0.3, 0.4) is 0 Å². The molecule has 0 unspecified atom stereocenters. The van der Waals surface area contributed by atoms with Crippen LogP contribution in [-0.2, 0) is 0 Å². The van der Waals surface area contributed by atoms with Crippen LogP contribution in [-0.4, -0.2) is 19.0 Å². The first-order valence-electron chi connectivity index (χ1n) is 4.41. The molecule has 0 heterocycles. The third-order valence-electron chi connectivity index (χ3n) is 1.72. The maximum Gasteiger partial charge on any atom is 0.251 e. The molecule has 6 nitrogen and oxygen atoms in total. The molecule has 0 atom stereocenters. The first kappa shape index (κ1) is 14.2. The maximum atomic E-state index is 11.4. The Kier molecular flexibility index (Phi) is 6.71. The number of carbonyl (C=O) groups excluding carboxylic acids is 1. The van der Waals surface area contributed by atoms with Gasteiger partial charge in [-0.1, -0.05) is 17.2 Å². The Labute approximate surface area is 98.9 Å². The Bertz CT molecular complexity index is 385. The zero-order valence-corrected chi connectivity index (χ0v) is 9.28. The molecular weight excluding hydrogens is 230 g/mol. The minimum Gasteiger partial charge on any atom is -0.351 e. The van der Waals surface area contributed by atoms with Gasteiger partial charge in [-0.15, -0.1) is 12.4 Å². The third-order valence-corrected chi connectivity index (χ3v) is 1.72. The van der Waals surface area contributed by atoms with E-state index in [4.69, 9.17) is 11.3 Å². The van der Waals surface area contributed by atoms with E-state index in [1.807, 2.05) is 0 Å². The SMILES string of the molecule is Cl.[N-]=[N+]=Nc1ccc(C(=O)NCCN)cc1. The van der Waals surface area contributed by atoms with Crippen molar-refractivity contribution in [3.63, 3.8) is 0 Å². The quantitative estimate of drug-likeness (QED) is 0.476. The fourth-order valence-corrected chi connectivity index (χ4v) is 1.02. The van der Waals surface area contributed by atoms with Gasteiger partial charge in [0, 0.05) is 29.3 Å². The van der Waals surface area contributed by atoms with E-state index in [0.717, 1.165) is 0 Å². The first-order chi connectivity index (χ1) is 7.27. The summed E-state index contributed by atoms with van der Waals surface area (Å²) in [7, 11) is 0. The van der Waals surface area contributed by atoms with E-state index in [-0.39, 0.29) is 18.3 Å². The molecule has 0 bridgehead atoms. The molecular formula is C9H12ClN5O. The van der Waals surface area contributed by atoms with E-state index < -0.39 is 0 Å². The van der Waals surface area contributed by atoms with Gasteiger partial charge in [-0.2, -0.15) is 0 Å².